The molecule has 1 saturated carbocycles. The number of carbonyl (C=O) groups excluding carboxylic acids is 2. The van der Waals surface area contributed by atoms with E-state index in [4.69, 9.17) is 0 Å². The lowest BCUT2D eigenvalue weighted by molar-refractivity contribution is -0.123. The number of fused-ring (bicyclic) bond motifs is 6. The maximum absolute atomic E-state index is 13.6. The number of nitrogens with one attached hydrogen (secondary N) is 1. The molecule has 4 heteroatoms. The summed E-state index contributed by atoms with van der Waals surface area (Å²) in [7, 11) is 0. The highest BCUT2D eigenvalue weighted by Crippen LogP contribution is 2.55. The predicted molar refractivity (Wildman–Crippen MR) is 114 cm³/mol. The van der Waals surface area contributed by atoms with E-state index in [-0.39, 0.29) is 29.6 Å². The summed E-state index contributed by atoms with van der Waals surface area (Å²) in [6, 6.07) is 10.1. The second-order valence-corrected chi connectivity index (χ2v) is 9.49. The average Bonchev–Trinajstić information content (AvgIpc) is 3.07. The van der Waals surface area contributed by atoms with Crippen LogP contribution in [0.5, 0.6) is 0 Å². The van der Waals surface area contributed by atoms with Gasteiger partial charge >= 0.3 is 0 Å². The smallest absolute Gasteiger partial charge is 0.242 e. The zero-order chi connectivity index (χ0) is 20.3. The van der Waals surface area contributed by atoms with Crippen LogP contribution in [0.2, 0.25) is 0 Å². The minimum absolute atomic E-state index is 0.0127. The van der Waals surface area contributed by atoms with Crippen LogP contribution in [0.3, 0.4) is 0 Å². The Morgan fingerprint density at radius 2 is 1.72 bits per heavy atom. The largest absolute Gasteiger partial charge is 0.362 e. The number of aromatic amines is 1. The highest BCUT2D eigenvalue weighted by Gasteiger charge is 2.57. The Morgan fingerprint density at radius 3 is 2.45 bits per heavy atom. The van der Waals surface area contributed by atoms with Gasteiger partial charge in [-0.15, -0.1) is 0 Å². The Bertz CT molecular complexity index is 956. The first-order valence-electron chi connectivity index (χ1n) is 11.1. The van der Waals surface area contributed by atoms with E-state index in [1.165, 1.54) is 29.0 Å². The van der Waals surface area contributed by atoms with Crippen LogP contribution in [0.15, 0.2) is 30.3 Å². The number of imide groups is 1. The first-order valence-corrected chi connectivity index (χ1v) is 11.1. The van der Waals surface area contributed by atoms with Crippen LogP contribution in [0.4, 0.5) is 5.69 Å². The molecule has 152 valence electrons. The second-order valence-electron chi connectivity index (χ2n) is 9.49. The monoisotopic (exact) mass is 390 g/mol. The minimum Gasteiger partial charge on any atom is -0.362 e. The number of hydrogen-bond acceptors (Lipinski definition) is 2. The summed E-state index contributed by atoms with van der Waals surface area (Å²) < 4.78 is 0. The number of rotatable bonds is 2. The molecule has 3 aliphatic rings. The molecule has 4 atom stereocenters. The number of aryl methyl sites for hydroxylation is 1. The molecule has 2 heterocycles. The van der Waals surface area contributed by atoms with Gasteiger partial charge in [0.1, 0.15) is 0 Å². The molecule has 1 aromatic heterocycles. The van der Waals surface area contributed by atoms with Gasteiger partial charge in [0.2, 0.25) is 11.8 Å². The van der Waals surface area contributed by atoms with Gasteiger partial charge in [-0.3, -0.25) is 9.59 Å². The highest BCUT2D eigenvalue weighted by molar-refractivity contribution is 6.24. The number of nitrogens with zero attached hydrogens (tertiary/aromatic N) is 1. The van der Waals surface area contributed by atoms with Crippen LogP contribution >= 0.6 is 0 Å². The highest BCUT2D eigenvalue weighted by atomic mass is 16.2. The van der Waals surface area contributed by atoms with Crippen molar-refractivity contribution in [2.75, 3.05) is 4.90 Å². The van der Waals surface area contributed by atoms with Crippen LogP contribution in [0.1, 0.15) is 86.2 Å². The Morgan fingerprint density at radius 1 is 1.00 bits per heavy atom. The van der Waals surface area contributed by atoms with Crippen molar-refractivity contribution in [3.63, 3.8) is 0 Å². The number of aromatic nitrogens is 1. The third-order valence-corrected chi connectivity index (χ3v) is 7.42. The first-order chi connectivity index (χ1) is 14.0. The van der Waals surface area contributed by atoms with Gasteiger partial charge in [-0.05, 0) is 60.9 Å². The van der Waals surface area contributed by atoms with Gasteiger partial charge in [0.15, 0.2) is 0 Å². The molecule has 29 heavy (non-hydrogen) atoms. The second kappa shape index (κ2) is 6.86. The fourth-order valence-electron chi connectivity index (χ4n) is 6.03. The van der Waals surface area contributed by atoms with Crippen LogP contribution < -0.4 is 4.90 Å². The molecule has 2 amide bonds. The number of H-pyrrole nitrogens is 1. The van der Waals surface area contributed by atoms with Gasteiger partial charge in [0, 0.05) is 17.3 Å². The Kier molecular flexibility index (Phi) is 4.41. The molecule has 0 spiro atoms. The van der Waals surface area contributed by atoms with E-state index in [1.54, 1.807) is 0 Å². The summed E-state index contributed by atoms with van der Waals surface area (Å²) in [5, 5.41) is 0. The summed E-state index contributed by atoms with van der Waals surface area (Å²) in [6.07, 6.45) is 5.75. The van der Waals surface area contributed by atoms with E-state index in [1.807, 2.05) is 24.3 Å². The Balaban J connectivity index is 1.59. The van der Waals surface area contributed by atoms with E-state index in [0.717, 1.165) is 36.2 Å². The number of anilines is 1. The summed E-state index contributed by atoms with van der Waals surface area (Å²) in [6.45, 7) is 6.36. The van der Waals surface area contributed by atoms with Crippen molar-refractivity contribution in [3.05, 3.63) is 52.8 Å². The lowest BCUT2D eigenvalue weighted by Crippen LogP contribution is -2.35. The van der Waals surface area contributed by atoms with Gasteiger partial charge in [0.05, 0.1) is 17.5 Å². The van der Waals surface area contributed by atoms with E-state index in [2.05, 4.69) is 31.8 Å². The predicted octanol–water partition coefficient (Wildman–Crippen LogP) is 5.40. The van der Waals surface area contributed by atoms with Gasteiger partial charge in [-0.2, -0.15) is 0 Å². The molecule has 2 aliphatic carbocycles. The molecule has 1 N–H and O–H groups in total. The van der Waals surface area contributed by atoms with Gasteiger partial charge in [-0.1, -0.05) is 45.2 Å². The molecule has 1 aliphatic heterocycles. The fourth-order valence-corrected chi connectivity index (χ4v) is 6.03. The van der Waals surface area contributed by atoms with Crippen molar-refractivity contribution in [1.82, 2.24) is 4.98 Å². The van der Waals surface area contributed by atoms with Crippen molar-refractivity contribution in [3.8, 4) is 0 Å². The number of hydrogen-bond donors (Lipinski definition) is 1. The van der Waals surface area contributed by atoms with E-state index in [9.17, 15) is 9.59 Å². The summed E-state index contributed by atoms with van der Waals surface area (Å²) in [4.78, 5) is 32.3. The molecular formula is C25H30N2O2. The van der Waals surface area contributed by atoms with Crippen molar-refractivity contribution in [2.24, 2.45) is 11.8 Å². The van der Waals surface area contributed by atoms with Gasteiger partial charge in [-0.25, -0.2) is 4.90 Å². The Labute approximate surface area is 172 Å². The molecule has 2 unspecified atom stereocenters. The molecule has 1 saturated heterocycles. The quantitative estimate of drug-likeness (QED) is 0.698. The maximum atomic E-state index is 13.6. The zero-order valence-corrected chi connectivity index (χ0v) is 17.6. The lowest BCUT2D eigenvalue weighted by Gasteiger charge is -2.36. The minimum atomic E-state index is -0.327. The number of carbonyl (C=O) groups is 2. The van der Waals surface area contributed by atoms with Crippen molar-refractivity contribution in [1.29, 1.82) is 0 Å². The van der Waals surface area contributed by atoms with Gasteiger partial charge in [0.25, 0.3) is 0 Å². The molecule has 0 bridgehead atoms. The van der Waals surface area contributed by atoms with Crippen molar-refractivity contribution < 1.29 is 9.59 Å². The van der Waals surface area contributed by atoms with Crippen LogP contribution in [-0.2, 0) is 9.59 Å². The fraction of sp³-hybridized carbons (Fsp3) is 0.520. The van der Waals surface area contributed by atoms with Crippen LogP contribution in [-0.4, -0.2) is 16.8 Å². The Hall–Kier alpha value is -2.36. The molecule has 2 aromatic rings. The third kappa shape index (κ3) is 2.79. The van der Waals surface area contributed by atoms with Crippen molar-refractivity contribution in [2.45, 2.75) is 70.6 Å². The maximum Gasteiger partial charge on any atom is 0.242 e. The topological polar surface area (TPSA) is 53.2 Å². The number of benzene rings is 1. The summed E-state index contributed by atoms with van der Waals surface area (Å²) in [5.41, 5.74) is 5.35. The standard InChI is InChI=1S/C25H30N2O2/c1-14(2)16-9-11-17(12-10-16)27-24(28)21-18-7-5-4-6-8-19(18)23-20(13-15(3)26-23)22(21)25(27)29/h9-14,18-19,21-22,26H,4-8H2,1-3H3/t18?,19?,21-,22+/m0/s1. The van der Waals surface area contributed by atoms with Crippen LogP contribution in [0.25, 0.3) is 0 Å². The first kappa shape index (κ1) is 18.7. The third-order valence-electron chi connectivity index (χ3n) is 7.42. The zero-order valence-electron chi connectivity index (χ0n) is 17.6. The SMILES string of the molecule is Cc1cc2c([nH]1)C1CCCCCC1[C@@H]1C(=O)N(c3ccc(C(C)C)cc3)C(=O)[C@H]21. The molecule has 0 radical (unpaired) electrons. The molecule has 2 fully saturated rings. The molecule has 4 nitrogen and oxygen atoms in total. The van der Waals surface area contributed by atoms with E-state index >= 15 is 0 Å². The molecule has 1 aromatic carbocycles. The lowest BCUT2D eigenvalue weighted by atomic mass is 9.65. The molecular weight excluding hydrogens is 360 g/mol. The van der Waals surface area contributed by atoms with Gasteiger partial charge < -0.3 is 4.98 Å². The van der Waals surface area contributed by atoms with E-state index in [0.29, 0.717) is 11.8 Å². The average molecular weight is 391 g/mol. The normalized spacial score (nSPS) is 28.9. The molecule has 5 rings (SSSR count). The van der Waals surface area contributed by atoms with Crippen molar-refractivity contribution >= 4 is 17.5 Å². The summed E-state index contributed by atoms with van der Waals surface area (Å²) >= 11 is 0. The number of amides is 2. The van der Waals surface area contributed by atoms with E-state index < -0.39 is 0 Å². The van der Waals surface area contributed by atoms with Crippen LogP contribution in [0, 0.1) is 18.8 Å². The summed E-state index contributed by atoms with van der Waals surface area (Å²) in [5.74, 6) is 0.504.